The molecule has 8 aromatic heterocycles. The molecule has 4 aromatic carbocycles. The van der Waals surface area contributed by atoms with Gasteiger partial charge in [-0.05, 0) is 115 Å². The molecule has 5 aliphatic rings. The number of para-hydroxylation sites is 4. The van der Waals surface area contributed by atoms with Gasteiger partial charge < -0.3 is 41.0 Å². The van der Waals surface area contributed by atoms with Crippen molar-refractivity contribution in [3.63, 3.8) is 0 Å². The van der Waals surface area contributed by atoms with Crippen LogP contribution in [-0.4, -0.2) is 149 Å². The summed E-state index contributed by atoms with van der Waals surface area (Å²) in [5.41, 5.74) is 3.03. The van der Waals surface area contributed by atoms with Crippen LogP contribution >= 0.6 is 0 Å². The Bertz CT molecular complexity index is 4470. The highest BCUT2D eigenvalue weighted by Crippen LogP contribution is 2.37. The summed E-state index contributed by atoms with van der Waals surface area (Å²) >= 11 is 0. The van der Waals surface area contributed by atoms with Crippen molar-refractivity contribution < 1.29 is 24.5 Å². The van der Waals surface area contributed by atoms with Gasteiger partial charge >= 0.3 is 0 Å². The second-order valence-corrected chi connectivity index (χ2v) is 26.2. The van der Waals surface area contributed by atoms with Crippen LogP contribution in [0.25, 0.3) is 66.9 Å². The second-order valence-electron chi connectivity index (χ2n) is 26.2. The fraction of sp³-hybridized carbons (Fsp3) is 0.375. The number of nitrogens with one attached hydrogen (secondary N) is 4. The van der Waals surface area contributed by atoms with E-state index < -0.39 is 11.2 Å². The van der Waals surface area contributed by atoms with E-state index in [4.69, 9.17) is 9.47 Å². The lowest BCUT2D eigenvalue weighted by Crippen LogP contribution is -2.39. The predicted octanol–water partition coefficient (Wildman–Crippen LogP) is 11.5. The molecule has 25 heteroatoms. The van der Waals surface area contributed by atoms with Crippen molar-refractivity contribution in [3.8, 4) is 23.3 Å². The third-order valence-electron chi connectivity index (χ3n) is 18.9. The van der Waals surface area contributed by atoms with Gasteiger partial charge in [-0.2, -0.15) is 40.3 Å². The molecule has 6 N–H and O–H groups in total. The maximum atomic E-state index is 11.3. The van der Waals surface area contributed by atoms with Crippen LogP contribution in [0, 0.1) is 0 Å². The number of ether oxygens (including phenoxy) is 2. The van der Waals surface area contributed by atoms with Gasteiger partial charge in [0.2, 0.25) is 23.8 Å². The third-order valence-corrected chi connectivity index (χ3v) is 18.9. The van der Waals surface area contributed by atoms with Crippen LogP contribution in [0.1, 0.15) is 117 Å². The number of Topliss-reactive ketones (excluding diaryl/α,β-unsaturated/α-hetero) is 1. The number of benzene rings is 4. The van der Waals surface area contributed by atoms with E-state index in [-0.39, 0.29) is 11.8 Å². The molecular formula is C72H80N20O5. The van der Waals surface area contributed by atoms with Gasteiger partial charge in [0.1, 0.15) is 5.78 Å². The zero-order chi connectivity index (χ0) is 66.2. The highest BCUT2D eigenvalue weighted by atomic mass is 16.7. The molecule has 5 fully saturated rings. The van der Waals surface area contributed by atoms with Crippen LogP contribution in [0.2, 0.25) is 0 Å². The molecule has 0 radical (unpaired) electrons. The monoisotopic (exact) mass is 1300 g/mol. The average Bonchev–Trinajstić information content (AvgIpc) is 1.75. The Labute approximate surface area is 560 Å². The summed E-state index contributed by atoms with van der Waals surface area (Å²) in [6.07, 6.45) is 28.0. The topological polar surface area (TPSA) is 299 Å². The van der Waals surface area contributed by atoms with Gasteiger partial charge in [0.15, 0.2) is 29.1 Å². The van der Waals surface area contributed by atoms with Gasteiger partial charge in [0.05, 0.1) is 71.3 Å². The number of nitrogens with zero attached hydrogens (tertiary/aromatic N) is 16. The number of aromatic nitrogens is 16. The number of carbonyl (C=O) groups excluding carboxylic acids is 1. The lowest BCUT2D eigenvalue weighted by molar-refractivity contribution is -0.177. The van der Waals surface area contributed by atoms with Gasteiger partial charge in [-0.25, -0.2) is 38.7 Å². The Morgan fingerprint density at radius 3 is 0.948 bits per heavy atom. The fourth-order valence-corrected chi connectivity index (χ4v) is 13.3. The Kier molecular flexibility index (Phi) is 18.9. The van der Waals surface area contributed by atoms with Crippen molar-refractivity contribution in [2.75, 3.05) is 34.5 Å². The molecule has 0 atom stereocenters. The first kappa shape index (κ1) is 64.1. The molecule has 97 heavy (non-hydrogen) atoms. The Morgan fingerprint density at radius 1 is 0.381 bits per heavy atom. The summed E-state index contributed by atoms with van der Waals surface area (Å²) in [6, 6.07) is 40.9. The van der Waals surface area contributed by atoms with Crippen LogP contribution in [0.3, 0.4) is 0 Å². The largest absolute Gasteiger partial charge is 0.390 e. The van der Waals surface area contributed by atoms with Crippen molar-refractivity contribution in [3.05, 3.63) is 171 Å². The van der Waals surface area contributed by atoms with E-state index in [1.807, 2.05) is 179 Å². The van der Waals surface area contributed by atoms with Crippen molar-refractivity contribution in [2.45, 2.75) is 158 Å². The van der Waals surface area contributed by atoms with Crippen molar-refractivity contribution in [1.82, 2.24) is 79.0 Å². The molecule has 12 aromatic rings. The van der Waals surface area contributed by atoms with Crippen LogP contribution in [0.15, 0.2) is 171 Å². The lowest BCUT2D eigenvalue weighted by atomic mass is 9.84. The number of aliphatic hydroxyl groups is 2. The summed E-state index contributed by atoms with van der Waals surface area (Å²) in [6.45, 7) is 5.23. The Balaban J connectivity index is 0.000000111. The lowest BCUT2D eigenvalue weighted by Gasteiger charge is -2.35. The van der Waals surface area contributed by atoms with Crippen LogP contribution in [0.5, 0.6) is 0 Å². The van der Waals surface area contributed by atoms with Gasteiger partial charge in [-0.3, -0.25) is 4.79 Å². The molecule has 9 heterocycles. The van der Waals surface area contributed by atoms with Crippen LogP contribution in [0.4, 0.5) is 23.8 Å². The molecule has 0 amide bonds. The maximum absolute atomic E-state index is 11.3. The zero-order valence-corrected chi connectivity index (χ0v) is 54.5. The first-order chi connectivity index (χ1) is 47.3. The van der Waals surface area contributed by atoms with E-state index >= 15 is 0 Å². The third kappa shape index (κ3) is 15.6. The van der Waals surface area contributed by atoms with E-state index in [1.54, 1.807) is 24.8 Å². The maximum Gasteiger partial charge on any atom is 0.224 e. The molecule has 498 valence electrons. The van der Waals surface area contributed by atoms with E-state index in [2.05, 4.69) is 81.5 Å². The predicted molar refractivity (Wildman–Crippen MR) is 371 cm³/mol. The van der Waals surface area contributed by atoms with Crippen LogP contribution in [-0.2, 0) is 14.3 Å². The molecule has 1 saturated heterocycles. The Hall–Kier alpha value is -10.2. The number of rotatable bonds is 12. The van der Waals surface area contributed by atoms with Crippen molar-refractivity contribution in [2.24, 2.45) is 0 Å². The number of hydrogen-bond donors (Lipinski definition) is 6. The van der Waals surface area contributed by atoms with Gasteiger partial charge in [-0.1, -0.05) is 72.8 Å². The van der Waals surface area contributed by atoms with Gasteiger partial charge in [0, 0.05) is 120 Å². The summed E-state index contributed by atoms with van der Waals surface area (Å²) in [5, 5.41) is 55.8. The number of carbonyl (C=O) groups is 1. The first-order valence-electron chi connectivity index (χ1n) is 33.7. The molecule has 0 bridgehead atoms. The first-order valence-corrected chi connectivity index (χ1v) is 33.7. The zero-order valence-electron chi connectivity index (χ0n) is 54.5. The van der Waals surface area contributed by atoms with Crippen LogP contribution < -0.4 is 21.3 Å². The Morgan fingerprint density at radius 2 is 0.649 bits per heavy atom. The minimum atomic E-state index is -0.533. The average molecular weight is 1310 g/mol. The summed E-state index contributed by atoms with van der Waals surface area (Å²) in [7, 11) is 0. The molecule has 1 spiro atoms. The van der Waals surface area contributed by atoms with Gasteiger partial charge in [0.25, 0.3) is 0 Å². The standard InChI is InChI=1S/C19H21N5O2.2C18H21N5O.C17H17N5O/c1-2-4-16-14(3-1)13-21-24(16)17-7-10-20-18(23-17)22-15-5-8-19(9-6-15)25-11-12-26-19;2*1-18(24)9-6-14(7-10-18)21-17-19-11-8-16(22-17)23-15-5-3-2-4-13(15)12-20-23;23-14-7-5-13(6-8-14)20-17-18-10-9-16(21-17)22-15-4-2-1-3-12(15)11-19-22/h1-4,7,10,13,15H,5-6,8-9,11-12H2,(H,20,22,23);2*2-5,8,11-12,14,24H,6-7,9-10H2,1H3,(H,19,21,22);1-4,9-11,13H,5-8H2,(H,18,20,21). The second kappa shape index (κ2) is 28.6. The minimum Gasteiger partial charge on any atom is -0.390 e. The van der Waals surface area contributed by atoms with Gasteiger partial charge in [-0.15, -0.1) is 0 Å². The van der Waals surface area contributed by atoms with E-state index in [0.717, 1.165) is 157 Å². The molecular weight excluding hydrogens is 1220 g/mol. The quantitative estimate of drug-likeness (QED) is 0.0662. The molecule has 0 unspecified atom stereocenters. The molecule has 4 saturated carbocycles. The molecule has 25 nitrogen and oxygen atoms in total. The van der Waals surface area contributed by atoms with Crippen molar-refractivity contribution >= 4 is 73.2 Å². The van der Waals surface area contributed by atoms with E-state index in [1.165, 1.54) is 0 Å². The highest BCUT2D eigenvalue weighted by Gasteiger charge is 2.40. The summed E-state index contributed by atoms with van der Waals surface area (Å²) < 4.78 is 18.9. The normalized spacial score (nSPS) is 21.1. The number of hydrogen-bond acceptors (Lipinski definition) is 21. The summed E-state index contributed by atoms with van der Waals surface area (Å²) in [5.74, 6) is 5.44. The molecule has 17 rings (SSSR count). The SMILES string of the molecule is CC1(O)CCC(Nc2nccc(-n3ncc4ccccc43)n2)CC1.CC1(O)CCC(Nc2nccc(-n3ncc4ccccc43)n2)CC1.O=C1CCC(Nc2nccc(-n3ncc4ccccc43)n2)CC1.c1ccc2c(c1)cnn2-c1ccnc(NC2CCC3(CC2)OCCO3)n1. The number of fused-ring (bicyclic) bond motifs is 4. The summed E-state index contributed by atoms with van der Waals surface area (Å²) in [4.78, 5) is 47.1. The smallest absolute Gasteiger partial charge is 0.224 e. The fourth-order valence-electron chi connectivity index (χ4n) is 13.3. The number of anilines is 4. The van der Waals surface area contributed by atoms with E-state index in [9.17, 15) is 15.0 Å². The van der Waals surface area contributed by atoms with E-state index in [0.29, 0.717) is 73.8 Å². The molecule has 1 aliphatic heterocycles. The minimum absolute atomic E-state index is 0.261. The van der Waals surface area contributed by atoms with Crippen molar-refractivity contribution in [1.29, 1.82) is 0 Å². The molecule has 4 aliphatic carbocycles. The number of ketones is 1. The highest BCUT2D eigenvalue weighted by molar-refractivity contribution is 5.82.